The first-order valence-electron chi connectivity index (χ1n) is 5.66. The summed E-state index contributed by atoms with van der Waals surface area (Å²) in [6.45, 7) is 3.01. The van der Waals surface area contributed by atoms with Crippen LogP contribution in [-0.2, 0) is 0 Å². The maximum Gasteiger partial charge on any atom is 0.248 e. The lowest BCUT2D eigenvalue weighted by Crippen LogP contribution is -2.11. The molecule has 0 aliphatic rings. The van der Waals surface area contributed by atoms with Crippen LogP contribution in [0.15, 0.2) is 12.1 Å². The quantitative estimate of drug-likeness (QED) is 0.747. The molecule has 0 atom stereocenters. The molecule has 8 heteroatoms. The Morgan fingerprint density at radius 2 is 2.25 bits per heavy atom. The van der Waals surface area contributed by atoms with E-state index in [0.29, 0.717) is 11.3 Å². The number of hydrogen-bond donors (Lipinski definition) is 3. The van der Waals surface area contributed by atoms with E-state index in [1.54, 1.807) is 13.0 Å². The molecule has 1 heterocycles. The number of carbonyl (C=O) groups is 1. The summed E-state index contributed by atoms with van der Waals surface area (Å²) in [5, 5.41) is 25.3. The normalized spacial score (nSPS) is 10.1. The van der Waals surface area contributed by atoms with Gasteiger partial charge in [0, 0.05) is 18.7 Å². The Hall–Kier alpha value is -3.08. The Kier molecular flexibility index (Phi) is 3.27. The van der Waals surface area contributed by atoms with Gasteiger partial charge in [-0.1, -0.05) is 0 Å². The second-order valence-electron chi connectivity index (χ2n) is 4.15. The first-order valence-corrected chi connectivity index (χ1v) is 5.66. The summed E-state index contributed by atoms with van der Waals surface area (Å²) in [6.07, 6.45) is 0. The number of nitrogens with one attached hydrogen (secondary N) is 1. The van der Waals surface area contributed by atoms with Crippen molar-refractivity contribution >= 4 is 23.5 Å². The molecule has 0 unspecified atom stereocenters. The average Bonchev–Trinajstić information content (AvgIpc) is 2.70. The highest BCUT2D eigenvalue weighted by atomic mass is 16.3. The van der Waals surface area contributed by atoms with E-state index in [2.05, 4.69) is 15.4 Å². The van der Waals surface area contributed by atoms with Gasteiger partial charge in [0.1, 0.15) is 11.8 Å². The summed E-state index contributed by atoms with van der Waals surface area (Å²) < 4.78 is 0.957. The first kappa shape index (κ1) is 13.4. The first-order chi connectivity index (χ1) is 9.42. The summed E-state index contributed by atoms with van der Waals surface area (Å²) in [5.41, 5.74) is 6.83. The minimum Gasteiger partial charge on any atom is -0.506 e. The van der Waals surface area contributed by atoms with Gasteiger partial charge in [-0.3, -0.25) is 4.79 Å². The third kappa shape index (κ3) is 2.37. The second-order valence-corrected chi connectivity index (χ2v) is 4.15. The molecule has 1 aromatic heterocycles. The largest absolute Gasteiger partial charge is 0.506 e. The van der Waals surface area contributed by atoms with Crippen molar-refractivity contribution in [2.24, 2.45) is 0 Å². The van der Waals surface area contributed by atoms with E-state index in [0.717, 1.165) is 4.68 Å². The smallest absolute Gasteiger partial charge is 0.248 e. The summed E-state index contributed by atoms with van der Waals surface area (Å²) in [6, 6.07) is 4.93. The Bertz CT molecular complexity index is 705. The van der Waals surface area contributed by atoms with Gasteiger partial charge < -0.3 is 16.2 Å². The number of rotatable bonds is 2. The molecule has 4 N–H and O–H groups in total. The van der Waals surface area contributed by atoms with Crippen molar-refractivity contribution in [3.63, 3.8) is 0 Å². The summed E-state index contributed by atoms with van der Waals surface area (Å²) in [4.78, 5) is 15.1. The highest BCUT2D eigenvalue weighted by Crippen LogP contribution is 2.26. The number of aryl methyl sites for hydroxylation is 1. The third-order valence-electron chi connectivity index (χ3n) is 2.61. The lowest BCUT2D eigenvalue weighted by molar-refractivity contribution is 0.0924. The van der Waals surface area contributed by atoms with Gasteiger partial charge in [-0.05, 0) is 18.6 Å². The molecule has 0 amide bonds. The fourth-order valence-electron chi connectivity index (χ4n) is 1.72. The van der Waals surface area contributed by atoms with E-state index in [4.69, 9.17) is 11.0 Å². The maximum atomic E-state index is 11.2. The number of aromatic nitrogens is 3. The second kappa shape index (κ2) is 4.89. The number of nitriles is 1. The number of anilines is 3. The molecule has 1 aromatic carbocycles. The zero-order valence-corrected chi connectivity index (χ0v) is 10.9. The SMILES string of the molecule is CC(=O)n1nc(Nc2cc(C)c(C#N)c(O)c2)nc1N. The van der Waals surface area contributed by atoms with Crippen molar-refractivity contribution in [2.45, 2.75) is 13.8 Å². The van der Waals surface area contributed by atoms with E-state index < -0.39 is 0 Å². The van der Waals surface area contributed by atoms with Crippen molar-refractivity contribution < 1.29 is 9.90 Å². The van der Waals surface area contributed by atoms with Crippen LogP contribution in [0.1, 0.15) is 22.8 Å². The lowest BCUT2D eigenvalue weighted by atomic mass is 10.1. The molecule has 102 valence electrons. The standard InChI is InChI=1S/C12H12N6O2/c1-6-3-8(4-10(20)9(6)5-13)15-12-16-11(14)18(17-12)7(2)19/h3-4,20H,1-2H3,(H3,14,15,16,17). The summed E-state index contributed by atoms with van der Waals surface area (Å²) in [5.74, 6) is -0.410. The number of nitrogens with zero attached hydrogens (tertiary/aromatic N) is 4. The van der Waals surface area contributed by atoms with Crippen molar-refractivity contribution in [3.05, 3.63) is 23.3 Å². The number of phenolic OH excluding ortho intramolecular Hbond substituents is 1. The van der Waals surface area contributed by atoms with Crippen LogP contribution in [0.4, 0.5) is 17.6 Å². The van der Waals surface area contributed by atoms with Crippen molar-refractivity contribution in [1.82, 2.24) is 14.8 Å². The van der Waals surface area contributed by atoms with E-state index in [9.17, 15) is 9.90 Å². The average molecular weight is 272 g/mol. The van der Waals surface area contributed by atoms with Crippen molar-refractivity contribution in [3.8, 4) is 11.8 Å². The van der Waals surface area contributed by atoms with Crippen LogP contribution in [0, 0.1) is 18.3 Å². The Morgan fingerprint density at radius 3 is 2.75 bits per heavy atom. The molecule has 2 aromatic rings. The highest BCUT2D eigenvalue weighted by molar-refractivity contribution is 5.78. The van der Waals surface area contributed by atoms with Gasteiger partial charge in [0.25, 0.3) is 0 Å². The van der Waals surface area contributed by atoms with Crippen LogP contribution < -0.4 is 11.1 Å². The molecular weight excluding hydrogens is 260 g/mol. The van der Waals surface area contributed by atoms with E-state index in [-0.39, 0.29) is 29.1 Å². The topological polar surface area (TPSA) is 130 Å². The van der Waals surface area contributed by atoms with E-state index in [1.165, 1.54) is 13.0 Å². The molecule has 8 nitrogen and oxygen atoms in total. The number of nitrogens with two attached hydrogens (primary N) is 1. The van der Waals surface area contributed by atoms with Crippen LogP contribution in [-0.4, -0.2) is 25.8 Å². The molecule has 0 saturated carbocycles. The van der Waals surface area contributed by atoms with Gasteiger partial charge in [-0.2, -0.15) is 14.9 Å². The predicted octanol–water partition coefficient (Wildman–Crippen LogP) is 1.15. The Balaban J connectivity index is 2.34. The molecule has 0 radical (unpaired) electrons. The van der Waals surface area contributed by atoms with E-state index in [1.807, 2.05) is 6.07 Å². The molecule has 0 aliphatic heterocycles. The van der Waals surface area contributed by atoms with Crippen LogP contribution >= 0.6 is 0 Å². The minimum atomic E-state index is -0.359. The summed E-state index contributed by atoms with van der Waals surface area (Å²) >= 11 is 0. The highest BCUT2D eigenvalue weighted by Gasteiger charge is 2.12. The lowest BCUT2D eigenvalue weighted by Gasteiger charge is -2.06. The number of hydrogen-bond acceptors (Lipinski definition) is 7. The fraction of sp³-hybridized carbons (Fsp3) is 0.167. The van der Waals surface area contributed by atoms with Crippen LogP contribution in [0.3, 0.4) is 0 Å². The van der Waals surface area contributed by atoms with Gasteiger partial charge >= 0.3 is 0 Å². The Morgan fingerprint density at radius 1 is 1.55 bits per heavy atom. The number of aromatic hydroxyl groups is 1. The van der Waals surface area contributed by atoms with Gasteiger partial charge in [-0.25, -0.2) is 0 Å². The van der Waals surface area contributed by atoms with Crippen molar-refractivity contribution in [1.29, 1.82) is 5.26 Å². The predicted molar refractivity (Wildman–Crippen MR) is 71.6 cm³/mol. The van der Waals surface area contributed by atoms with Crippen LogP contribution in [0.5, 0.6) is 5.75 Å². The van der Waals surface area contributed by atoms with Crippen molar-refractivity contribution in [2.75, 3.05) is 11.1 Å². The maximum absolute atomic E-state index is 11.2. The monoisotopic (exact) mass is 272 g/mol. The molecular formula is C12H12N6O2. The third-order valence-corrected chi connectivity index (χ3v) is 2.61. The van der Waals surface area contributed by atoms with Crippen LogP contribution in [0.25, 0.3) is 0 Å². The van der Waals surface area contributed by atoms with E-state index >= 15 is 0 Å². The number of benzene rings is 1. The molecule has 0 bridgehead atoms. The number of carbonyl (C=O) groups excluding carboxylic acids is 1. The molecule has 0 spiro atoms. The molecule has 0 fully saturated rings. The molecule has 2 rings (SSSR count). The van der Waals surface area contributed by atoms with Crippen LogP contribution in [0.2, 0.25) is 0 Å². The molecule has 0 saturated heterocycles. The number of nitrogen functional groups attached to an aromatic ring is 1. The zero-order valence-electron chi connectivity index (χ0n) is 10.9. The van der Waals surface area contributed by atoms with Gasteiger partial charge in [0.2, 0.25) is 17.8 Å². The summed E-state index contributed by atoms with van der Waals surface area (Å²) in [7, 11) is 0. The van der Waals surface area contributed by atoms with Gasteiger partial charge in [0.15, 0.2) is 0 Å². The van der Waals surface area contributed by atoms with Gasteiger partial charge in [0.05, 0.1) is 5.56 Å². The Labute approximate surface area is 114 Å². The minimum absolute atomic E-state index is 0.0328. The fourth-order valence-corrected chi connectivity index (χ4v) is 1.72. The molecule has 20 heavy (non-hydrogen) atoms. The number of phenols is 1. The van der Waals surface area contributed by atoms with Gasteiger partial charge in [-0.15, -0.1) is 5.10 Å². The zero-order chi connectivity index (χ0) is 14.9. The molecule has 0 aliphatic carbocycles.